The Labute approximate surface area is 157 Å². The second-order valence-electron chi connectivity index (χ2n) is 7.51. The van der Waals surface area contributed by atoms with Gasteiger partial charge in [0.1, 0.15) is 17.2 Å². The fourth-order valence-corrected chi connectivity index (χ4v) is 3.02. The fourth-order valence-electron chi connectivity index (χ4n) is 2.33. The van der Waals surface area contributed by atoms with Gasteiger partial charge in [-0.3, -0.25) is 0 Å². The molecule has 24 heavy (non-hydrogen) atoms. The fraction of sp³-hybridized carbons (Fsp3) is 0.647. The summed E-state index contributed by atoms with van der Waals surface area (Å²) in [5.74, 6) is 0.697. The molecule has 0 bridgehead atoms. The van der Waals surface area contributed by atoms with E-state index < -0.39 is 17.2 Å². The van der Waals surface area contributed by atoms with E-state index in [9.17, 15) is 4.79 Å². The normalized spacial score (nSPS) is 14.2. The van der Waals surface area contributed by atoms with Crippen molar-refractivity contribution in [1.82, 2.24) is 10.3 Å². The van der Waals surface area contributed by atoms with Crippen LogP contribution in [-0.2, 0) is 4.74 Å². The topological polar surface area (TPSA) is 60.5 Å². The first-order valence-corrected chi connectivity index (χ1v) is 9.02. The number of amides is 1. The van der Waals surface area contributed by atoms with Crippen LogP contribution < -0.4 is 10.1 Å². The van der Waals surface area contributed by atoms with Gasteiger partial charge in [-0.15, -0.1) is 0 Å². The van der Waals surface area contributed by atoms with Gasteiger partial charge in [0.2, 0.25) is 5.88 Å². The summed E-state index contributed by atoms with van der Waals surface area (Å²) < 4.78 is 11.9. The second kappa shape index (κ2) is 8.39. The third kappa shape index (κ3) is 7.71. The van der Waals surface area contributed by atoms with E-state index in [0.717, 1.165) is 10.9 Å². The molecule has 1 amide bonds. The molecule has 7 heteroatoms. The summed E-state index contributed by atoms with van der Waals surface area (Å²) in [7, 11) is 0. The van der Waals surface area contributed by atoms with Crippen LogP contribution in [0.25, 0.3) is 0 Å². The highest BCUT2D eigenvalue weighted by Gasteiger charge is 2.31. The molecule has 0 radical (unpaired) electrons. The number of nitrogens with zero attached hydrogens (tertiary/aromatic N) is 1. The van der Waals surface area contributed by atoms with Crippen LogP contribution in [0.3, 0.4) is 0 Å². The molecule has 1 aromatic heterocycles. The molecule has 1 atom stereocenters. The standard InChI is InChI=1S/C17H26BrClN2O3/c1-11(2)8-17(6,21-15(22)24-16(3,4)5)10-23-14-13(19)7-12(18)9-20-14/h7,9,11H,8,10H2,1-6H3,(H,21,22)/t17-/m0/s1. The van der Waals surface area contributed by atoms with E-state index in [4.69, 9.17) is 21.1 Å². The molecule has 0 fully saturated rings. The van der Waals surface area contributed by atoms with E-state index in [0.29, 0.717) is 16.8 Å². The van der Waals surface area contributed by atoms with Gasteiger partial charge in [0.25, 0.3) is 0 Å². The number of ether oxygens (including phenoxy) is 2. The third-order valence-electron chi connectivity index (χ3n) is 2.96. The van der Waals surface area contributed by atoms with Gasteiger partial charge >= 0.3 is 6.09 Å². The van der Waals surface area contributed by atoms with E-state index in [2.05, 4.69) is 40.1 Å². The van der Waals surface area contributed by atoms with Crippen molar-refractivity contribution in [3.05, 3.63) is 21.8 Å². The Morgan fingerprint density at radius 3 is 2.50 bits per heavy atom. The molecule has 1 heterocycles. The number of alkyl carbamates (subject to hydrolysis) is 1. The Kier molecular flexibility index (Phi) is 7.35. The maximum absolute atomic E-state index is 12.1. The molecule has 0 aliphatic rings. The number of rotatable bonds is 6. The van der Waals surface area contributed by atoms with Gasteiger partial charge in [-0.1, -0.05) is 25.4 Å². The van der Waals surface area contributed by atoms with Crippen LogP contribution in [0.1, 0.15) is 48.0 Å². The lowest BCUT2D eigenvalue weighted by Gasteiger charge is -2.33. The number of hydrogen-bond acceptors (Lipinski definition) is 4. The third-order valence-corrected chi connectivity index (χ3v) is 3.67. The van der Waals surface area contributed by atoms with E-state index in [1.54, 1.807) is 12.3 Å². The summed E-state index contributed by atoms with van der Waals surface area (Å²) in [5, 5.41) is 3.33. The van der Waals surface area contributed by atoms with Crippen LogP contribution in [-0.4, -0.2) is 28.8 Å². The molecule has 1 aromatic rings. The summed E-state index contributed by atoms with van der Waals surface area (Å²) >= 11 is 9.43. The average Bonchev–Trinajstić information content (AvgIpc) is 2.33. The largest absolute Gasteiger partial charge is 0.474 e. The molecule has 0 saturated carbocycles. The van der Waals surface area contributed by atoms with E-state index >= 15 is 0 Å². The number of carbonyl (C=O) groups is 1. The molecule has 1 rings (SSSR count). The average molecular weight is 422 g/mol. The van der Waals surface area contributed by atoms with Crippen molar-refractivity contribution >= 4 is 33.6 Å². The lowest BCUT2D eigenvalue weighted by Crippen LogP contribution is -2.52. The van der Waals surface area contributed by atoms with E-state index in [1.165, 1.54) is 0 Å². The highest BCUT2D eigenvalue weighted by Crippen LogP contribution is 2.26. The number of nitrogens with one attached hydrogen (secondary N) is 1. The first-order valence-electron chi connectivity index (χ1n) is 7.85. The summed E-state index contributed by atoms with van der Waals surface area (Å²) in [6.45, 7) is 11.8. The van der Waals surface area contributed by atoms with Gasteiger partial charge in [-0.25, -0.2) is 9.78 Å². The molecule has 0 aliphatic carbocycles. The van der Waals surface area contributed by atoms with Crippen molar-refractivity contribution in [2.75, 3.05) is 6.61 Å². The number of carbonyl (C=O) groups excluding carboxylic acids is 1. The van der Waals surface area contributed by atoms with E-state index in [-0.39, 0.29) is 6.61 Å². The monoisotopic (exact) mass is 420 g/mol. The van der Waals surface area contributed by atoms with Crippen LogP contribution in [0.15, 0.2) is 16.7 Å². The van der Waals surface area contributed by atoms with Crippen molar-refractivity contribution in [3.8, 4) is 5.88 Å². The Morgan fingerprint density at radius 2 is 2.00 bits per heavy atom. The lowest BCUT2D eigenvalue weighted by molar-refractivity contribution is 0.0406. The summed E-state index contributed by atoms with van der Waals surface area (Å²) in [6.07, 6.45) is 1.87. The minimum atomic E-state index is -0.603. The summed E-state index contributed by atoms with van der Waals surface area (Å²) in [4.78, 5) is 16.3. The summed E-state index contributed by atoms with van der Waals surface area (Å²) in [6, 6.07) is 1.71. The molecule has 5 nitrogen and oxygen atoms in total. The quantitative estimate of drug-likeness (QED) is 0.685. The maximum atomic E-state index is 12.1. The first kappa shape index (κ1) is 21.0. The minimum Gasteiger partial charge on any atom is -0.474 e. The van der Waals surface area contributed by atoms with Crippen molar-refractivity contribution < 1.29 is 14.3 Å². The minimum absolute atomic E-state index is 0.235. The Hall–Kier alpha value is -1.01. The van der Waals surface area contributed by atoms with E-state index in [1.807, 2.05) is 27.7 Å². The molecular formula is C17H26BrClN2O3. The predicted molar refractivity (Wildman–Crippen MR) is 99.7 cm³/mol. The van der Waals surface area contributed by atoms with Crippen LogP contribution >= 0.6 is 27.5 Å². The SMILES string of the molecule is CC(C)C[C@@](C)(COc1ncc(Br)cc1Cl)NC(=O)OC(C)(C)C. The van der Waals surface area contributed by atoms with Crippen molar-refractivity contribution in [2.45, 2.75) is 59.1 Å². The van der Waals surface area contributed by atoms with Crippen LogP contribution in [0.4, 0.5) is 4.79 Å². The Bertz CT molecular complexity index is 575. The Balaban J connectivity index is 2.81. The first-order chi connectivity index (χ1) is 10.9. The van der Waals surface area contributed by atoms with Crippen LogP contribution in [0.2, 0.25) is 5.02 Å². The second-order valence-corrected chi connectivity index (χ2v) is 8.84. The number of halogens is 2. The molecule has 0 aromatic carbocycles. The van der Waals surface area contributed by atoms with Crippen LogP contribution in [0.5, 0.6) is 5.88 Å². The van der Waals surface area contributed by atoms with Gasteiger partial charge in [0, 0.05) is 10.7 Å². The van der Waals surface area contributed by atoms with Gasteiger partial charge in [-0.2, -0.15) is 0 Å². The molecule has 136 valence electrons. The highest BCUT2D eigenvalue weighted by molar-refractivity contribution is 9.10. The summed E-state index contributed by atoms with van der Waals surface area (Å²) in [5.41, 5.74) is -1.16. The number of aromatic nitrogens is 1. The molecule has 0 unspecified atom stereocenters. The zero-order valence-electron chi connectivity index (χ0n) is 15.1. The zero-order chi connectivity index (χ0) is 18.5. The van der Waals surface area contributed by atoms with Crippen molar-refractivity contribution in [3.63, 3.8) is 0 Å². The molecule has 0 aliphatic heterocycles. The van der Waals surface area contributed by atoms with Crippen molar-refractivity contribution in [2.24, 2.45) is 5.92 Å². The lowest BCUT2D eigenvalue weighted by atomic mass is 9.91. The van der Waals surface area contributed by atoms with Gasteiger partial charge in [-0.05, 0) is 62.0 Å². The van der Waals surface area contributed by atoms with Gasteiger partial charge in [0.15, 0.2) is 0 Å². The molecule has 1 N–H and O–H groups in total. The van der Waals surface area contributed by atoms with Crippen LogP contribution in [0, 0.1) is 5.92 Å². The van der Waals surface area contributed by atoms with Crippen molar-refractivity contribution in [1.29, 1.82) is 0 Å². The predicted octanol–water partition coefficient (Wildman–Crippen LogP) is 5.21. The van der Waals surface area contributed by atoms with Gasteiger partial charge in [0.05, 0.1) is 5.54 Å². The smallest absolute Gasteiger partial charge is 0.408 e. The maximum Gasteiger partial charge on any atom is 0.408 e. The zero-order valence-corrected chi connectivity index (χ0v) is 17.4. The number of hydrogen-bond donors (Lipinski definition) is 1. The molecular weight excluding hydrogens is 396 g/mol. The highest BCUT2D eigenvalue weighted by atomic mass is 79.9. The Morgan fingerprint density at radius 1 is 1.38 bits per heavy atom. The van der Waals surface area contributed by atoms with Gasteiger partial charge < -0.3 is 14.8 Å². The molecule has 0 spiro atoms. The molecule has 0 saturated heterocycles. The number of pyridine rings is 1.